The van der Waals surface area contributed by atoms with Crippen LogP contribution >= 0.6 is 15.9 Å². The molecule has 0 saturated carbocycles. The van der Waals surface area contributed by atoms with Crippen LogP contribution in [0.4, 0.5) is 0 Å². The molecular weight excluding hydrogens is 376 g/mol. The first-order valence-corrected chi connectivity index (χ1v) is 8.43. The summed E-state index contributed by atoms with van der Waals surface area (Å²) >= 11 is 3.38. The van der Waals surface area contributed by atoms with Crippen LogP contribution < -0.4 is 10.6 Å². The maximum atomic E-state index is 12.5. The van der Waals surface area contributed by atoms with Gasteiger partial charge in [-0.3, -0.25) is 9.59 Å². The smallest absolute Gasteiger partial charge is 0.328 e. The van der Waals surface area contributed by atoms with Gasteiger partial charge < -0.3 is 15.4 Å². The number of hydrogen-bond acceptors (Lipinski definition) is 4. The van der Waals surface area contributed by atoms with E-state index in [0.717, 1.165) is 10.0 Å². The monoisotopic (exact) mass is 398 g/mol. The van der Waals surface area contributed by atoms with Crippen molar-refractivity contribution in [1.82, 2.24) is 10.6 Å². The van der Waals surface area contributed by atoms with Crippen molar-refractivity contribution < 1.29 is 19.1 Å². The molecular formula is C17H23BrN2O4. The Morgan fingerprint density at radius 1 is 1.21 bits per heavy atom. The quantitative estimate of drug-likeness (QED) is 0.685. The van der Waals surface area contributed by atoms with Gasteiger partial charge in [-0.15, -0.1) is 0 Å². The van der Waals surface area contributed by atoms with E-state index in [9.17, 15) is 14.4 Å². The van der Waals surface area contributed by atoms with Crippen LogP contribution in [-0.4, -0.2) is 37.0 Å². The third-order valence-electron chi connectivity index (χ3n) is 3.44. The SMILES string of the molecule is COC(=O)[C@H](Cc1cccc(Br)c1)NC(=O)[C@H](NC(C)=O)C(C)C. The number of carbonyl (C=O) groups excluding carboxylic acids is 3. The lowest BCUT2D eigenvalue weighted by atomic mass is 10.0. The van der Waals surface area contributed by atoms with Gasteiger partial charge in [-0.1, -0.05) is 41.9 Å². The lowest BCUT2D eigenvalue weighted by Crippen LogP contribution is -2.54. The van der Waals surface area contributed by atoms with Gasteiger partial charge >= 0.3 is 5.97 Å². The average Bonchev–Trinajstić information content (AvgIpc) is 2.50. The zero-order chi connectivity index (χ0) is 18.3. The second kappa shape index (κ2) is 9.42. The van der Waals surface area contributed by atoms with E-state index < -0.39 is 24.0 Å². The van der Waals surface area contributed by atoms with Crippen molar-refractivity contribution in [3.63, 3.8) is 0 Å². The Bertz CT molecular complexity index is 604. The fourth-order valence-corrected chi connectivity index (χ4v) is 2.70. The predicted octanol–water partition coefficient (Wildman–Crippen LogP) is 1.81. The summed E-state index contributed by atoms with van der Waals surface area (Å²) in [6.45, 7) is 4.99. The third kappa shape index (κ3) is 6.31. The van der Waals surface area contributed by atoms with Crippen LogP contribution in [0.15, 0.2) is 28.7 Å². The lowest BCUT2D eigenvalue weighted by molar-refractivity contribution is -0.145. The number of methoxy groups -OCH3 is 1. The molecule has 0 saturated heterocycles. The maximum absolute atomic E-state index is 12.5. The molecule has 0 radical (unpaired) electrons. The first-order valence-electron chi connectivity index (χ1n) is 7.64. The highest BCUT2D eigenvalue weighted by molar-refractivity contribution is 9.10. The van der Waals surface area contributed by atoms with Gasteiger partial charge in [-0.2, -0.15) is 0 Å². The van der Waals surface area contributed by atoms with E-state index in [1.165, 1.54) is 14.0 Å². The van der Waals surface area contributed by atoms with Gasteiger partial charge in [0.2, 0.25) is 11.8 Å². The summed E-state index contributed by atoms with van der Waals surface area (Å²) < 4.78 is 5.67. The van der Waals surface area contributed by atoms with E-state index in [4.69, 9.17) is 4.74 Å². The number of esters is 1. The summed E-state index contributed by atoms with van der Waals surface area (Å²) in [6, 6.07) is 5.92. The molecule has 24 heavy (non-hydrogen) atoms. The van der Waals surface area contributed by atoms with Crippen LogP contribution in [-0.2, 0) is 25.5 Å². The van der Waals surface area contributed by atoms with Crippen LogP contribution in [0.2, 0.25) is 0 Å². The number of carbonyl (C=O) groups is 3. The van der Waals surface area contributed by atoms with Crippen LogP contribution in [0.1, 0.15) is 26.3 Å². The first kappa shape index (κ1) is 20.2. The molecule has 2 amide bonds. The van der Waals surface area contributed by atoms with E-state index >= 15 is 0 Å². The standard InChI is InChI=1S/C17H23BrN2O4/c1-10(2)15(19-11(3)21)16(22)20-14(17(23)24-4)9-12-6-5-7-13(18)8-12/h5-8,10,14-15H,9H2,1-4H3,(H,19,21)(H,20,22)/t14-,15+/m0/s1. The molecule has 6 nitrogen and oxygen atoms in total. The highest BCUT2D eigenvalue weighted by Gasteiger charge is 2.28. The molecule has 0 heterocycles. The molecule has 0 aromatic heterocycles. The third-order valence-corrected chi connectivity index (χ3v) is 3.93. The maximum Gasteiger partial charge on any atom is 0.328 e. The summed E-state index contributed by atoms with van der Waals surface area (Å²) in [6.07, 6.45) is 0.294. The molecule has 2 N–H and O–H groups in total. The van der Waals surface area contributed by atoms with Crippen molar-refractivity contribution in [2.24, 2.45) is 5.92 Å². The second-order valence-corrected chi connectivity index (χ2v) is 6.76. The Hall–Kier alpha value is -1.89. The summed E-state index contributed by atoms with van der Waals surface area (Å²) in [5.74, 6) is -1.36. The first-order chi connectivity index (χ1) is 11.2. The summed E-state index contributed by atoms with van der Waals surface area (Å²) in [7, 11) is 1.27. The van der Waals surface area contributed by atoms with Gasteiger partial charge in [0.15, 0.2) is 0 Å². The molecule has 0 spiro atoms. The van der Waals surface area contributed by atoms with Crippen LogP contribution in [0.5, 0.6) is 0 Å². The number of nitrogens with one attached hydrogen (secondary N) is 2. The van der Waals surface area contributed by atoms with Crippen LogP contribution in [0, 0.1) is 5.92 Å². The minimum Gasteiger partial charge on any atom is -0.467 e. The van der Waals surface area contributed by atoms with Gasteiger partial charge in [0.25, 0.3) is 0 Å². The Morgan fingerprint density at radius 3 is 2.38 bits per heavy atom. The fourth-order valence-electron chi connectivity index (χ4n) is 2.25. The van der Waals surface area contributed by atoms with E-state index in [-0.39, 0.29) is 11.8 Å². The normalized spacial score (nSPS) is 13.1. The minimum absolute atomic E-state index is 0.113. The fraction of sp³-hybridized carbons (Fsp3) is 0.471. The average molecular weight is 399 g/mol. The summed E-state index contributed by atoms with van der Waals surface area (Å²) in [5, 5.41) is 5.28. The van der Waals surface area contributed by atoms with Crippen molar-refractivity contribution in [2.75, 3.05) is 7.11 Å². The Balaban J connectivity index is 2.90. The molecule has 2 atom stereocenters. The molecule has 0 unspecified atom stereocenters. The summed E-state index contributed by atoms with van der Waals surface area (Å²) in [4.78, 5) is 35.8. The van der Waals surface area contributed by atoms with Crippen molar-refractivity contribution in [1.29, 1.82) is 0 Å². The molecule has 0 aliphatic carbocycles. The lowest BCUT2D eigenvalue weighted by Gasteiger charge is -2.24. The van der Waals surface area contributed by atoms with Crippen molar-refractivity contribution in [3.8, 4) is 0 Å². The number of halogens is 1. The van der Waals surface area contributed by atoms with E-state index in [1.54, 1.807) is 0 Å². The molecule has 0 bridgehead atoms. The molecule has 1 aromatic rings. The number of rotatable bonds is 7. The van der Waals surface area contributed by atoms with Gasteiger partial charge in [0.05, 0.1) is 7.11 Å². The number of hydrogen-bond donors (Lipinski definition) is 2. The molecule has 1 aromatic carbocycles. The Labute approximate surface area is 150 Å². The van der Waals surface area contributed by atoms with E-state index in [2.05, 4.69) is 26.6 Å². The van der Waals surface area contributed by atoms with Gasteiger partial charge in [0.1, 0.15) is 12.1 Å². The van der Waals surface area contributed by atoms with E-state index in [1.807, 2.05) is 38.1 Å². The van der Waals surface area contributed by atoms with Gasteiger partial charge in [0, 0.05) is 17.8 Å². The largest absolute Gasteiger partial charge is 0.467 e. The van der Waals surface area contributed by atoms with Crippen molar-refractivity contribution in [3.05, 3.63) is 34.3 Å². The van der Waals surface area contributed by atoms with Crippen molar-refractivity contribution >= 4 is 33.7 Å². The molecule has 1 rings (SSSR count). The van der Waals surface area contributed by atoms with E-state index in [0.29, 0.717) is 6.42 Å². The summed E-state index contributed by atoms with van der Waals surface area (Å²) in [5.41, 5.74) is 0.876. The molecule has 0 aliphatic rings. The highest BCUT2D eigenvalue weighted by atomic mass is 79.9. The number of amides is 2. The van der Waals surface area contributed by atoms with Crippen molar-refractivity contribution in [2.45, 2.75) is 39.3 Å². The molecule has 7 heteroatoms. The zero-order valence-corrected chi connectivity index (χ0v) is 15.8. The zero-order valence-electron chi connectivity index (χ0n) is 14.3. The minimum atomic E-state index is -0.827. The topological polar surface area (TPSA) is 84.5 Å². The predicted molar refractivity (Wildman–Crippen MR) is 94.2 cm³/mol. The molecule has 0 aliphatic heterocycles. The number of ether oxygens (including phenoxy) is 1. The highest BCUT2D eigenvalue weighted by Crippen LogP contribution is 2.14. The van der Waals surface area contributed by atoms with Gasteiger partial charge in [-0.25, -0.2) is 4.79 Å². The second-order valence-electron chi connectivity index (χ2n) is 5.84. The van der Waals surface area contributed by atoms with Gasteiger partial charge in [-0.05, 0) is 23.6 Å². The molecule has 0 fully saturated rings. The molecule has 132 valence electrons. The Kier molecular flexibility index (Phi) is 7.91. The number of benzene rings is 1. The van der Waals surface area contributed by atoms with Crippen LogP contribution in [0.3, 0.4) is 0 Å². The van der Waals surface area contributed by atoms with Crippen LogP contribution in [0.25, 0.3) is 0 Å². The Morgan fingerprint density at radius 2 is 1.88 bits per heavy atom.